The van der Waals surface area contributed by atoms with Crippen molar-refractivity contribution in [1.82, 2.24) is 0 Å². The van der Waals surface area contributed by atoms with E-state index in [-0.39, 0.29) is 26.4 Å². The third-order valence-electron chi connectivity index (χ3n) is 3.44. The number of nitrogens with zero attached hydrogens (tertiary/aromatic N) is 1. The Hall–Kier alpha value is -2.16. The van der Waals surface area contributed by atoms with Crippen LogP contribution in [0.5, 0.6) is 11.5 Å². The average Bonchev–Trinajstić information content (AvgIpc) is 2.61. The zero-order chi connectivity index (χ0) is 19.5. The molecular formula is C16H15Cl2NO6S. The fourth-order valence-electron chi connectivity index (χ4n) is 2.18. The molecule has 0 saturated heterocycles. The standard InChI is InChI=1S/C16H15Cl2NO6S/c1-24-11-5-3-10(4-6-11)19(9-14(20)21)26(22,23)13-8-7-12(25-2)15(17)16(13)18/h3-8H,9H2,1-2H3,(H,20,21). The molecule has 26 heavy (non-hydrogen) atoms. The van der Waals surface area contributed by atoms with Crippen LogP contribution in [-0.4, -0.2) is 40.3 Å². The number of sulfonamides is 1. The fraction of sp³-hybridized carbons (Fsp3) is 0.188. The third-order valence-corrected chi connectivity index (χ3v) is 6.23. The first-order valence-electron chi connectivity index (χ1n) is 7.13. The van der Waals surface area contributed by atoms with E-state index in [0.29, 0.717) is 5.75 Å². The molecule has 0 aliphatic heterocycles. The van der Waals surface area contributed by atoms with Crippen molar-refractivity contribution in [3.8, 4) is 11.5 Å². The maximum Gasteiger partial charge on any atom is 0.324 e. The summed E-state index contributed by atoms with van der Waals surface area (Å²) in [5, 5.41) is 8.81. The van der Waals surface area contributed by atoms with Crippen LogP contribution in [0, 0.1) is 0 Å². The van der Waals surface area contributed by atoms with E-state index in [2.05, 4.69) is 0 Å². The minimum atomic E-state index is -4.31. The second-order valence-corrected chi connectivity index (χ2v) is 7.58. The van der Waals surface area contributed by atoms with Crippen LogP contribution >= 0.6 is 23.2 Å². The molecule has 2 rings (SSSR count). The second-order valence-electron chi connectivity index (χ2n) is 5.00. The van der Waals surface area contributed by atoms with E-state index in [1.165, 1.54) is 50.6 Å². The van der Waals surface area contributed by atoms with Crippen LogP contribution < -0.4 is 13.8 Å². The van der Waals surface area contributed by atoms with Gasteiger partial charge >= 0.3 is 5.97 Å². The van der Waals surface area contributed by atoms with Crippen molar-refractivity contribution in [2.24, 2.45) is 0 Å². The van der Waals surface area contributed by atoms with E-state index >= 15 is 0 Å². The summed E-state index contributed by atoms with van der Waals surface area (Å²) in [5.74, 6) is -0.642. The largest absolute Gasteiger partial charge is 0.497 e. The first-order valence-corrected chi connectivity index (χ1v) is 9.32. The normalized spacial score (nSPS) is 11.1. The van der Waals surface area contributed by atoms with E-state index in [9.17, 15) is 13.2 Å². The molecular weight excluding hydrogens is 405 g/mol. The maximum atomic E-state index is 13.0. The molecule has 0 spiro atoms. The highest BCUT2D eigenvalue weighted by molar-refractivity contribution is 7.93. The summed E-state index contributed by atoms with van der Waals surface area (Å²) in [6.45, 7) is -0.797. The van der Waals surface area contributed by atoms with Gasteiger partial charge in [-0.1, -0.05) is 23.2 Å². The van der Waals surface area contributed by atoms with Gasteiger partial charge in [-0.25, -0.2) is 8.42 Å². The number of benzene rings is 2. The Morgan fingerprint density at radius 2 is 1.65 bits per heavy atom. The third kappa shape index (κ3) is 3.98. The van der Waals surface area contributed by atoms with Crippen LogP contribution in [0.4, 0.5) is 5.69 Å². The Morgan fingerprint density at radius 3 is 2.15 bits per heavy atom. The number of hydrogen-bond donors (Lipinski definition) is 1. The predicted molar refractivity (Wildman–Crippen MR) is 98.2 cm³/mol. The Labute approximate surface area is 160 Å². The van der Waals surface area contributed by atoms with Gasteiger partial charge in [-0.3, -0.25) is 9.10 Å². The van der Waals surface area contributed by atoms with Gasteiger partial charge in [0.25, 0.3) is 10.0 Å². The second kappa shape index (κ2) is 8.03. The molecule has 0 heterocycles. The SMILES string of the molecule is COc1ccc(N(CC(=O)O)S(=O)(=O)c2ccc(OC)c(Cl)c2Cl)cc1. The smallest absolute Gasteiger partial charge is 0.324 e. The number of rotatable bonds is 7. The summed E-state index contributed by atoms with van der Waals surface area (Å²) in [4.78, 5) is 10.9. The summed E-state index contributed by atoms with van der Waals surface area (Å²) < 4.78 is 36.8. The van der Waals surface area contributed by atoms with Gasteiger partial charge in [0.1, 0.15) is 28.0 Å². The van der Waals surface area contributed by atoms with Gasteiger partial charge in [0.15, 0.2) is 0 Å². The zero-order valence-electron chi connectivity index (χ0n) is 13.8. The summed E-state index contributed by atoms with van der Waals surface area (Å²) >= 11 is 12.1. The van der Waals surface area contributed by atoms with Crippen molar-refractivity contribution in [2.75, 3.05) is 25.1 Å². The molecule has 7 nitrogen and oxygen atoms in total. The van der Waals surface area contributed by atoms with Crippen molar-refractivity contribution >= 4 is 44.9 Å². The number of methoxy groups -OCH3 is 2. The van der Waals surface area contributed by atoms with E-state index in [4.69, 9.17) is 37.8 Å². The van der Waals surface area contributed by atoms with Gasteiger partial charge in [0.2, 0.25) is 0 Å². The van der Waals surface area contributed by atoms with Crippen LogP contribution in [0.3, 0.4) is 0 Å². The molecule has 2 aromatic rings. The lowest BCUT2D eigenvalue weighted by molar-refractivity contribution is -0.135. The molecule has 0 bridgehead atoms. The number of carbonyl (C=O) groups is 1. The minimum Gasteiger partial charge on any atom is -0.497 e. The van der Waals surface area contributed by atoms with Gasteiger partial charge < -0.3 is 14.6 Å². The van der Waals surface area contributed by atoms with Gasteiger partial charge in [-0.2, -0.15) is 0 Å². The Kier molecular flexibility index (Phi) is 6.22. The summed E-state index contributed by atoms with van der Waals surface area (Å²) in [7, 11) is -1.49. The van der Waals surface area contributed by atoms with Crippen molar-refractivity contribution < 1.29 is 27.8 Å². The Balaban J connectivity index is 2.59. The van der Waals surface area contributed by atoms with Gasteiger partial charge in [-0.05, 0) is 36.4 Å². The predicted octanol–water partition coefficient (Wildman–Crippen LogP) is 3.29. The molecule has 2 aromatic carbocycles. The average molecular weight is 420 g/mol. The van der Waals surface area contributed by atoms with Gasteiger partial charge in [0.05, 0.1) is 24.9 Å². The van der Waals surface area contributed by atoms with Crippen LogP contribution in [0.1, 0.15) is 0 Å². The molecule has 10 heteroatoms. The first kappa shape index (κ1) is 20.2. The Bertz CT molecular complexity index is 915. The number of hydrogen-bond acceptors (Lipinski definition) is 5. The molecule has 0 radical (unpaired) electrons. The molecule has 0 aromatic heterocycles. The lowest BCUT2D eigenvalue weighted by atomic mass is 10.3. The van der Waals surface area contributed by atoms with Crippen LogP contribution in [0.15, 0.2) is 41.3 Å². The van der Waals surface area contributed by atoms with Crippen LogP contribution in [0.25, 0.3) is 0 Å². The monoisotopic (exact) mass is 419 g/mol. The number of anilines is 1. The van der Waals surface area contributed by atoms with E-state index < -0.39 is 22.5 Å². The number of carboxylic acids is 1. The summed E-state index contributed by atoms with van der Waals surface area (Å²) in [6.07, 6.45) is 0. The van der Waals surface area contributed by atoms with Crippen molar-refractivity contribution in [1.29, 1.82) is 0 Å². The number of carboxylic acid groups (broad SMARTS) is 1. The van der Waals surface area contributed by atoms with Crippen molar-refractivity contribution in [3.63, 3.8) is 0 Å². The van der Waals surface area contributed by atoms with Crippen molar-refractivity contribution in [2.45, 2.75) is 4.90 Å². The molecule has 0 atom stereocenters. The van der Waals surface area contributed by atoms with E-state index in [1.54, 1.807) is 0 Å². The Morgan fingerprint density at radius 1 is 1.04 bits per heavy atom. The molecule has 0 aliphatic carbocycles. The summed E-state index contributed by atoms with van der Waals surface area (Å²) in [6, 6.07) is 8.44. The zero-order valence-corrected chi connectivity index (χ0v) is 16.1. The van der Waals surface area contributed by atoms with Crippen LogP contribution in [0.2, 0.25) is 10.0 Å². The highest BCUT2D eigenvalue weighted by atomic mass is 35.5. The number of halogens is 2. The van der Waals surface area contributed by atoms with Gasteiger partial charge in [-0.15, -0.1) is 0 Å². The summed E-state index contributed by atoms with van der Waals surface area (Å²) in [5.41, 5.74) is 0.135. The molecule has 140 valence electrons. The van der Waals surface area contributed by atoms with Crippen LogP contribution in [-0.2, 0) is 14.8 Å². The number of ether oxygens (including phenoxy) is 2. The fourth-order valence-corrected chi connectivity index (χ4v) is 4.41. The topological polar surface area (TPSA) is 93.1 Å². The molecule has 0 aliphatic rings. The van der Waals surface area contributed by atoms with Crippen molar-refractivity contribution in [3.05, 3.63) is 46.4 Å². The highest BCUT2D eigenvalue weighted by Gasteiger charge is 2.30. The molecule has 1 N–H and O–H groups in total. The lowest BCUT2D eigenvalue weighted by Crippen LogP contribution is -2.35. The van der Waals surface area contributed by atoms with E-state index in [1.807, 2.05) is 0 Å². The lowest BCUT2D eigenvalue weighted by Gasteiger charge is -2.24. The minimum absolute atomic E-state index is 0.0831. The maximum absolute atomic E-state index is 13.0. The van der Waals surface area contributed by atoms with Gasteiger partial charge in [0, 0.05) is 0 Å². The highest BCUT2D eigenvalue weighted by Crippen LogP contribution is 2.38. The quantitative estimate of drug-likeness (QED) is 0.739. The van der Waals surface area contributed by atoms with E-state index in [0.717, 1.165) is 4.31 Å². The number of aliphatic carboxylic acids is 1. The molecule has 0 unspecified atom stereocenters. The first-order chi connectivity index (χ1) is 12.2. The molecule has 0 amide bonds. The molecule has 0 saturated carbocycles. The molecule has 0 fully saturated rings.